The van der Waals surface area contributed by atoms with E-state index in [1.165, 1.54) is 12.8 Å². The monoisotopic (exact) mass is 228 g/mol. The summed E-state index contributed by atoms with van der Waals surface area (Å²) in [6, 6.07) is 7.54. The van der Waals surface area contributed by atoms with Crippen molar-refractivity contribution in [3.05, 3.63) is 34.9 Å². The molecule has 1 N–H and O–H groups in total. The molecule has 3 nitrogen and oxygen atoms in total. The Bertz CT molecular complexity index is 483. The summed E-state index contributed by atoms with van der Waals surface area (Å²) in [5.74, 6) is 0.559. The van der Waals surface area contributed by atoms with Gasteiger partial charge in [-0.05, 0) is 56.4 Å². The number of benzene rings is 1. The molecule has 0 radical (unpaired) electrons. The average molecular weight is 228 g/mol. The van der Waals surface area contributed by atoms with E-state index in [2.05, 4.69) is 11.4 Å². The largest absolute Gasteiger partial charge is 0.349 e. The third kappa shape index (κ3) is 2.85. The molecule has 1 fully saturated rings. The zero-order chi connectivity index (χ0) is 12.4. The molecule has 1 atom stereocenters. The van der Waals surface area contributed by atoms with Crippen LogP contribution in [0.25, 0.3) is 0 Å². The van der Waals surface area contributed by atoms with Gasteiger partial charge in [-0.25, -0.2) is 0 Å². The zero-order valence-electron chi connectivity index (χ0n) is 10.2. The summed E-state index contributed by atoms with van der Waals surface area (Å²) in [5.41, 5.74) is 2.05. The smallest absolute Gasteiger partial charge is 0.251 e. The SMILES string of the molecule is Cc1cc(C#N)cc(C(=O)NC(C)C2CC2)c1. The molecule has 0 spiro atoms. The summed E-state index contributed by atoms with van der Waals surface area (Å²) < 4.78 is 0. The Morgan fingerprint density at radius 1 is 1.47 bits per heavy atom. The fourth-order valence-electron chi connectivity index (χ4n) is 1.98. The van der Waals surface area contributed by atoms with Gasteiger partial charge >= 0.3 is 0 Å². The summed E-state index contributed by atoms with van der Waals surface area (Å²) in [4.78, 5) is 12.0. The molecule has 1 aliphatic rings. The third-order valence-corrected chi connectivity index (χ3v) is 3.16. The van der Waals surface area contributed by atoms with Crippen LogP contribution < -0.4 is 5.32 Å². The quantitative estimate of drug-likeness (QED) is 0.863. The number of hydrogen-bond donors (Lipinski definition) is 1. The van der Waals surface area contributed by atoms with Crippen molar-refractivity contribution in [2.24, 2.45) is 5.92 Å². The number of rotatable bonds is 3. The molecule has 88 valence electrons. The highest BCUT2D eigenvalue weighted by Crippen LogP contribution is 2.32. The highest BCUT2D eigenvalue weighted by molar-refractivity contribution is 5.95. The number of nitriles is 1. The lowest BCUT2D eigenvalue weighted by Crippen LogP contribution is -2.34. The molecule has 0 aliphatic heterocycles. The van der Waals surface area contributed by atoms with Gasteiger partial charge in [0.05, 0.1) is 11.6 Å². The van der Waals surface area contributed by atoms with Gasteiger partial charge in [-0.15, -0.1) is 0 Å². The molecule has 0 aromatic heterocycles. The molecule has 2 rings (SSSR count). The van der Waals surface area contributed by atoms with E-state index in [4.69, 9.17) is 5.26 Å². The lowest BCUT2D eigenvalue weighted by Gasteiger charge is -2.13. The van der Waals surface area contributed by atoms with E-state index in [1.807, 2.05) is 19.9 Å². The molecule has 1 aromatic rings. The maximum atomic E-state index is 12.0. The molecule has 1 aromatic carbocycles. The summed E-state index contributed by atoms with van der Waals surface area (Å²) >= 11 is 0. The highest BCUT2D eigenvalue weighted by atomic mass is 16.1. The fraction of sp³-hybridized carbons (Fsp3) is 0.429. The number of nitrogens with zero attached hydrogens (tertiary/aromatic N) is 1. The van der Waals surface area contributed by atoms with Crippen LogP contribution in [0.3, 0.4) is 0 Å². The first kappa shape index (κ1) is 11.7. The van der Waals surface area contributed by atoms with Crippen LogP contribution in [-0.2, 0) is 0 Å². The molecular weight excluding hydrogens is 212 g/mol. The zero-order valence-corrected chi connectivity index (χ0v) is 10.2. The van der Waals surface area contributed by atoms with Crippen LogP contribution in [0.4, 0.5) is 0 Å². The number of amides is 1. The maximum Gasteiger partial charge on any atom is 0.251 e. The van der Waals surface area contributed by atoms with Crippen LogP contribution in [0.15, 0.2) is 18.2 Å². The van der Waals surface area contributed by atoms with Crippen molar-refractivity contribution in [3.63, 3.8) is 0 Å². The summed E-state index contributed by atoms with van der Waals surface area (Å²) in [5, 5.41) is 11.9. The molecule has 1 saturated carbocycles. The molecule has 3 heteroatoms. The van der Waals surface area contributed by atoms with Crippen LogP contribution in [0.2, 0.25) is 0 Å². The van der Waals surface area contributed by atoms with E-state index in [9.17, 15) is 4.79 Å². The maximum absolute atomic E-state index is 12.0. The van der Waals surface area contributed by atoms with Gasteiger partial charge < -0.3 is 5.32 Å². The Morgan fingerprint density at radius 3 is 2.76 bits per heavy atom. The Kier molecular flexibility index (Phi) is 3.14. The minimum atomic E-state index is -0.0791. The Morgan fingerprint density at radius 2 is 2.18 bits per heavy atom. The predicted octanol–water partition coefficient (Wildman–Crippen LogP) is 2.40. The van der Waals surface area contributed by atoms with Gasteiger partial charge in [0.25, 0.3) is 5.91 Å². The van der Waals surface area contributed by atoms with Crippen LogP contribution in [0.1, 0.15) is 41.3 Å². The van der Waals surface area contributed by atoms with Crippen molar-refractivity contribution in [2.75, 3.05) is 0 Å². The minimum Gasteiger partial charge on any atom is -0.349 e. The molecular formula is C14H16N2O. The van der Waals surface area contributed by atoms with Gasteiger partial charge in [-0.3, -0.25) is 4.79 Å². The second-order valence-electron chi connectivity index (χ2n) is 4.80. The van der Waals surface area contributed by atoms with Crippen LogP contribution in [-0.4, -0.2) is 11.9 Å². The molecule has 1 aliphatic carbocycles. The van der Waals surface area contributed by atoms with E-state index in [-0.39, 0.29) is 11.9 Å². The molecule has 1 unspecified atom stereocenters. The number of aryl methyl sites for hydroxylation is 1. The molecule has 1 amide bonds. The van der Waals surface area contributed by atoms with Crippen molar-refractivity contribution >= 4 is 5.91 Å². The number of carbonyl (C=O) groups excluding carboxylic acids is 1. The van der Waals surface area contributed by atoms with Gasteiger partial charge in [-0.1, -0.05) is 0 Å². The lowest BCUT2D eigenvalue weighted by atomic mass is 10.1. The standard InChI is InChI=1S/C14H16N2O/c1-9-5-11(8-15)7-13(6-9)14(17)16-10(2)12-3-4-12/h5-7,10,12H,3-4H2,1-2H3,(H,16,17). The van der Waals surface area contributed by atoms with Crippen LogP contribution in [0.5, 0.6) is 0 Å². The van der Waals surface area contributed by atoms with Crippen LogP contribution in [0, 0.1) is 24.2 Å². The number of hydrogen-bond acceptors (Lipinski definition) is 2. The van der Waals surface area contributed by atoms with Crippen molar-refractivity contribution < 1.29 is 4.79 Å². The van der Waals surface area contributed by atoms with E-state index < -0.39 is 0 Å². The average Bonchev–Trinajstić information content (AvgIpc) is 3.11. The normalized spacial score (nSPS) is 16.1. The third-order valence-electron chi connectivity index (χ3n) is 3.16. The molecule has 0 bridgehead atoms. The van der Waals surface area contributed by atoms with Gasteiger partial charge in [0, 0.05) is 11.6 Å². The Hall–Kier alpha value is -1.82. The van der Waals surface area contributed by atoms with E-state index in [0.29, 0.717) is 17.0 Å². The summed E-state index contributed by atoms with van der Waals surface area (Å²) in [7, 11) is 0. The second kappa shape index (κ2) is 4.58. The first-order chi connectivity index (χ1) is 8.10. The van der Waals surface area contributed by atoms with Crippen molar-refractivity contribution in [1.82, 2.24) is 5.32 Å². The Labute approximate surface area is 101 Å². The fourth-order valence-corrected chi connectivity index (χ4v) is 1.98. The van der Waals surface area contributed by atoms with Gasteiger partial charge in [0.1, 0.15) is 0 Å². The first-order valence-electron chi connectivity index (χ1n) is 5.93. The highest BCUT2D eigenvalue weighted by Gasteiger charge is 2.29. The van der Waals surface area contributed by atoms with Crippen molar-refractivity contribution in [2.45, 2.75) is 32.7 Å². The van der Waals surface area contributed by atoms with Crippen molar-refractivity contribution in [3.8, 4) is 6.07 Å². The molecule has 17 heavy (non-hydrogen) atoms. The number of nitrogens with one attached hydrogen (secondary N) is 1. The predicted molar refractivity (Wildman–Crippen MR) is 65.5 cm³/mol. The van der Waals surface area contributed by atoms with E-state index >= 15 is 0 Å². The first-order valence-corrected chi connectivity index (χ1v) is 5.93. The van der Waals surface area contributed by atoms with Crippen molar-refractivity contribution in [1.29, 1.82) is 5.26 Å². The summed E-state index contributed by atoms with van der Waals surface area (Å²) in [6.07, 6.45) is 2.41. The molecule has 0 saturated heterocycles. The van der Waals surface area contributed by atoms with E-state index in [1.54, 1.807) is 12.1 Å². The second-order valence-corrected chi connectivity index (χ2v) is 4.80. The van der Waals surface area contributed by atoms with Gasteiger partial charge in [0.2, 0.25) is 0 Å². The van der Waals surface area contributed by atoms with Gasteiger partial charge in [0.15, 0.2) is 0 Å². The summed E-state index contributed by atoms with van der Waals surface area (Å²) in [6.45, 7) is 3.93. The minimum absolute atomic E-state index is 0.0791. The van der Waals surface area contributed by atoms with Crippen LogP contribution >= 0.6 is 0 Å². The lowest BCUT2D eigenvalue weighted by molar-refractivity contribution is 0.0935. The van der Waals surface area contributed by atoms with Gasteiger partial charge in [-0.2, -0.15) is 5.26 Å². The van der Waals surface area contributed by atoms with E-state index in [0.717, 1.165) is 5.56 Å². The topological polar surface area (TPSA) is 52.9 Å². The Balaban J connectivity index is 2.12. The number of carbonyl (C=O) groups is 1. The molecule has 0 heterocycles.